The Bertz CT molecular complexity index is 407. The van der Waals surface area contributed by atoms with Crippen LogP contribution in [0.5, 0.6) is 0 Å². The Morgan fingerprint density at radius 3 is 2.32 bits per heavy atom. The van der Waals surface area contributed by atoms with Gasteiger partial charge in [-0.2, -0.15) is 8.42 Å². The van der Waals surface area contributed by atoms with Gasteiger partial charge in [0.05, 0.1) is 38.7 Å². The lowest BCUT2D eigenvalue weighted by Crippen LogP contribution is -2.56. The van der Waals surface area contributed by atoms with Gasteiger partial charge in [-0.05, 0) is 20.8 Å². The zero-order valence-corrected chi connectivity index (χ0v) is 12.5. The SMILES string of the molecule is CC(C)(C)OC(=O)N1CC(OCCOS(C)(=O)=O)C1. The molecule has 19 heavy (non-hydrogen) atoms. The number of carbonyl (C=O) groups is 1. The first-order valence-corrected chi connectivity index (χ1v) is 7.82. The topological polar surface area (TPSA) is 82.1 Å². The van der Waals surface area contributed by atoms with Gasteiger partial charge in [0.15, 0.2) is 0 Å². The molecule has 0 spiro atoms. The minimum absolute atomic E-state index is 0.0121. The summed E-state index contributed by atoms with van der Waals surface area (Å²) < 4.78 is 36.4. The number of ether oxygens (including phenoxy) is 2. The van der Waals surface area contributed by atoms with Crippen LogP contribution in [0.2, 0.25) is 0 Å². The molecule has 1 rings (SSSR count). The van der Waals surface area contributed by atoms with Crippen LogP contribution in [0.4, 0.5) is 4.79 Å². The van der Waals surface area contributed by atoms with Crippen molar-refractivity contribution < 1.29 is 26.9 Å². The zero-order chi connectivity index (χ0) is 14.7. The Morgan fingerprint density at radius 1 is 1.26 bits per heavy atom. The summed E-state index contributed by atoms with van der Waals surface area (Å²) >= 11 is 0. The van der Waals surface area contributed by atoms with Gasteiger partial charge in [-0.3, -0.25) is 4.18 Å². The van der Waals surface area contributed by atoms with Gasteiger partial charge in [0, 0.05) is 0 Å². The van der Waals surface area contributed by atoms with Crippen LogP contribution in [0.15, 0.2) is 0 Å². The van der Waals surface area contributed by atoms with E-state index in [-0.39, 0.29) is 25.4 Å². The Hall–Kier alpha value is -0.860. The molecule has 0 bridgehead atoms. The second kappa shape index (κ2) is 6.06. The van der Waals surface area contributed by atoms with E-state index in [4.69, 9.17) is 9.47 Å². The predicted molar refractivity (Wildman–Crippen MR) is 68.3 cm³/mol. The van der Waals surface area contributed by atoms with E-state index in [0.717, 1.165) is 6.26 Å². The third kappa shape index (κ3) is 6.74. The van der Waals surface area contributed by atoms with E-state index >= 15 is 0 Å². The summed E-state index contributed by atoms with van der Waals surface area (Å²) in [5.74, 6) is 0. The maximum absolute atomic E-state index is 11.6. The fraction of sp³-hybridized carbons (Fsp3) is 0.909. The molecule has 0 saturated carbocycles. The van der Waals surface area contributed by atoms with Gasteiger partial charge in [0.25, 0.3) is 10.1 Å². The Morgan fingerprint density at radius 2 is 1.84 bits per heavy atom. The normalized spacial score (nSPS) is 17.2. The van der Waals surface area contributed by atoms with Crippen molar-refractivity contribution >= 4 is 16.2 Å². The van der Waals surface area contributed by atoms with Crippen molar-refractivity contribution in [2.24, 2.45) is 0 Å². The molecule has 1 heterocycles. The maximum Gasteiger partial charge on any atom is 0.410 e. The second-order valence-electron chi connectivity index (χ2n) is 5.40. The fourth-order valence-electron chi connectivity index (χ4n) is 1.42. The Kier molecular flexibility index (Phi) is 5.17. The van der Waals surface area contributed by atoms with Gasteiger partial charge >= 0.3 is 6.09 Å². The molecule has 0 aromatic carbocycles. The summed E-state index contributed by atoms with van der Waals surface area (Å²) in [5, 5.41) is 0. The van der Waals surface area contributed by atoms with Gasteiger partial charge in [-0.25, -0.2) is 4.79 Å². The van der Waals surface area contributed by atoms with Gasteiger partial charge in [0.2, 0.25) is 0 Å². The molecule has 1 fully saturated rings. The van der Waals surface area contributed by atoms with Crippen molar-refractivity contribution in [2.45, 2.75) is 32.5 Å². The van der Waals surface area contributed by atoms with E-state index in [9.17, 15) is 13.2 Å². The molecular weight excluding hydrogens is 274 g/mol. The highest BCUT2D eigenvalue weighted by molar-refractivity contribution is 7.85. The first-order chi connectivity index (χ1) is 8.57. The zero-order valence-electron chi connectivity index (χ0n) is 11.7. The standard InChI is InChI=1S/C11H21NO6S/c1-11(2,3)18-10(13)12-7-9(8-12)16-5-6-17-19(4,14)15/h9H,5-8H2,1-4H3. The number of rotatable bonds is 5. The van der Waals surface area contributed by atoms with Crippen molar-refractivity contribution in [3.05, 3.63) is 0 Å². The van der Waals surface area contributed by atoms with Gasteiger partial charge in [-0.15, -0.1) is 0 Å². The minimum atomic E-state index is -3.42. The van der Waals surface area contributed by atoms with Crippen LogP contribution in [0.3, 0.4) is 0 Å². The van der Waals surface area contributed by atoms with Gasteiger partial charge < -0.3 is 14.4 Å². The van der Waals surface area contributed by atoms with Crippen LogP contribution in [-0.2, 0) is 23.8 Å². The Balaban J connectivity index is 2.12. The lowest BCUT2D eigenvalue weighted by Gasteiger charge is -2.39. The molecule has 0 radical (unpaired) electrons. The highest BCUT2D eigenvalue weighted by Gasteiger charge is 2.34. The molecule has 0 aromatic heterocycles. The number of hydrogen-bond donors (Lipinski definition) is 0. The highest BCUT2D eigenvalue weighted by Crippen LogP contribution is 2.16. The quantitative estimate of drug-likeness (QED) is 0.545. The number of nitrogens with zero attached hydrogens (tertiary/aromatic N) is 1. The number of amides is 1. The summed E-state index contributed by atoms with van der Waals surface area (Å²) in [4.78, 5) is 13.1. The van der Waals surface area contributed by atoms with E-state index in [1.54, 1.807) is 20.8 Å². The molecule has 112 valence electrons. The fourth-order valence-corrected chi connectivity index (χ4v) is 1.79. The van der Waals surface area contributed by atoms with Crippen molar-refractivity contribution in [3.8, 4) is 0 Å². The molecule has 1 aliphatic heterocycles. The van der Waals surface area contributed by atoms with Crippen LogP contribution < -0.4 is 0 Å². The summed E-state index contributed by atoms with van der Waals surface area (Å²) in [6.07, 6.45) is 0.538. The van der Waals surface area contributed by atoms with E-state index in [0.29, 0.717) is 13.1 Å². The summed E-state index contributed by atoms with van der Waals surface area (Å²) in [6.45, 7) is 6.49. The number of likely N-dealkylation sites (tertiary alicyclic amines) is 1. The number of carbonyl (C=O) groups excluding carboxylic acids is 1. The lowest BCUT2D eigenvalue weighted by atomic mass is 10.2. The molecule has 1 amide bonds. The average molecular weight is 295 g/mol. The van der Waals surface area contributed by atoms with Crippen molar-refractivity contribution in [2.75, 3.05) is 32.6 Å². The predicted octanol–water partition coefficient (Wildman–Crippen LogP) is 0.599. The summed E-state index contributed by atoms with van der Waals surface area (Å²) in [7, 11) is -3.42. The van der Waals surface area contributed by atoms with E-state index in [1.807, 2.05) is 0 Å². The molecule has 0 aliphatic carbocycles. The second-order valence-corrected chi connectivity index (χ2v) is 7.05. The van der Waals surface area contributed by atoms with Crippen LogP contribution in [0, 0.1) is 0 Å². The van der Waals surface area contributed by atoms with Crippen LogP contribution in [-0.4, -0.2) is 63.7 Å². The third-order valence-corrected chi connectivity index (χ3v) is 2.83. The molecule has 0 atom stereocenters. The minimum Gasteiger partial charge on any atom is -0.444 e. The van der Waals surface area contributed by atoms with Crippen LogP contribution in [0.1, 0.15) is 20.8 Å². The largest absolute Gasteiger partial charge is 0.444 e. The van der Waals surface area contributed by atoms with Crippen LogP contribution >= 0.6 is 0 Å². The average Bonchev–Trinajstić information content (AvgIpc) is 2.09. The van der Waals surface area contributed by atoms with Crippen LogP contribution in [0.25, 0.3) is 0 Å². The molecule has 0 N–H and O–H groups in total. The van der Waals surface area contributed by atoms with Gasteiger partial charge in [0.1, 0.15) is 5.60 Å². The molecule has 7 nitrogen and oxygen atoms in total. The van der Waals surface area contributed by atoms with Gasteiger partial charge in [-0.1, -0.05) is 0 Å². The molecule has 0 unspecified atom stereocenters. The first-order valence-electron chi connectivity index (χ1n) is 6.01. The Labute approximate surface area is 113 Å². The van der Waals surface area contributed by atoms with Crippen molar-refractivity contribution in [1.82, 2.24) is 4.90 Å². The molecular formula is C11H21NO6S. The van der Waals surface area contributed by atoms with E-state index in [1.165, 1.54) is 4.90 Å². The first kappa shape index (κ1) is 16.2. The smallest absolute Gasteiger partial charge is 0.410 e. The highest BCUT2D eigenvalue weighted by atomic mass is 32.2. The number of hydrogen-bond acceptors (Lipinski definition) is 6. The molecule has 0 aromatic rings. The summed E-state index contributed by atoms with van der Waals surface area (Å²) in [6, 6.07) is 0. The molecule has 1 aliphatic rings. The van der Waals surface area contributed by atoms with Crippen molar-refractivity contribution in [3.63, 3.8) is 0 Å². The molecule has 1 saturated heterocycles. The lowest BCUT2D eigenvalue weighted by molar-refractivity contribution is -0.0675. The monoisotopic (exact) mass is 295 g/mol. The van der Waals surface area contributed by atoms with E-state index in [2.05, 4.69) is 4.18 Å². The van der Waals surface area contributed by atoms with E-state index < -0.39 is 15.7 Å². The molecule has 8 heteroatoms. The maximum atomic E-state index is 11.6. The van der Waals surface area contributed by atoms with Crippen molar-refractivity contribution in [1.29, 1.82) is 0 Å². The summed E-state index contributed by atoms with van der Waals surface area (Å²) in [5.41, 5.74) is -0.508. The third-order valence-electron chi connectivity index (χ3n) is 2.23.